The van der Waals surface area contributed by atoms with Gasteiger partial charge in [0.15, 0.2) is 6.10 Å². The van der Waals surface area contributed by atoms with E-state index in [0.717, 1.165) is 4.90 Å². The molecular weight excluding hydrogens is 326 g/mol. The zero-order chi connectivity index (χ0) is 18.1. The topological polar surface area (TPSA) is 90.0 Å². The van der Waals surface area contributed by atoms with Crippen molar-refractivity contribution in [3.8, 4) is 0 Å². The molecule has 2 amide bonds. The number of esters is 2. The zero-order valence-electron chi connectivity index (χ0n) is 13.8. The Balaban J connectivity index is 1.86. The molecule has 7 nitrogen and oxygen atoms in total. The molecule has 7 heteroatoms. The average Bonchev–Trinajstić information content (AvgIpc) is 2.80. The maximum atomic E-state index is 12.6. The van der Waals surface area contributed by atoms with Crippen LogP contribution < -0.4 is 0 Å². The quantitative estimate of drug-likeness (QED) is 0.469. The van der Waals surface area contributed by atoms with Crippen LogP contribution in [-0.4, -0.2) is 46.9 Å². The first-order chi connectivity index (χ1) is 11.9. The van der Waals surface area contributed by atoms with Gasteiger partial charge in [0.05, 0.1) is 17.2 Å². The molecule has 1 aromatic carbocycles. The molecule has 0 radical (unpaired) electrons. The summed E-state index contributed by atoms with van der Waals surface area (Å²) in [7, 11) is 0. The summed E-state index contributed by atoms with van der Waals surface area (Å²) in [5, 5.41) is 0. The molecule has 0 unspecified atom stereocenters. The highest BCUT2D eigenvalue weighted by atomic mass is 16.6. The molecule has 3 atom stereocenters. The number of ether oxygens (including phenoxy) is 2. The molecule has 0 N–H and O–H groups in total. The van der Waals surface area contributed by atoms with E-state index in [1.807, 2.05) is 0 Å². The Morgan fingerprint density at radius 3 is 2.04 bits per heavy atom. The zero-order valence-corrected chi connectivity index (χ0v) is 13.8. The highest BCUT2D eigenvalue weighted by molar-refractivity contribution is 6.21. The first-order valence-electron chi connectivity index (χ1n) is 7.88. The SMILES string of the molecule is CC(=O)O[C@H]1C=C[C@H](N2C(=O)c3ccccc3C2=O)C[C@H]1OC(C)=O. The van der Waals surface area contributed by atoms with Gasteiger partial charge in [0.25, 0.3) is 11.8 Å². The Labute approximate surface area is 144 Å². The molecule has 0 saturated carbocycles. The summed E-state index contributed by atoms with van der Waals surface area (Å²) in [4.78, 5) is 48.9. The van der Waals surface area contributed by atoms with Crippen LogP contribution in [0.15, 0.2) is 36.4 Å². The van der Waals surface area contributed by atoms with Gasteiger partial charge < -0.3 is 9.47 Å². The van der Waals surface area contributed by atoms with E-state index in [4.69, 9.17) is 9.47 Å². The van der Waals surface area contributed by atoms with Crippen LogP contribution in [0, 0.1) is 0 Å². The van der Waals surface area contributed by atoms with Crippen molar-refractivity contribution in [3.05, 3.63) is 47.5 Å². The van der Waals surface area contributed by atoms with Crippen molar-refractivity contribution in [2.24, 2.45) is 0 Å². The van der Waals surface area contributed by atoms with Gasteiger partial charge in [-0.15, -0.1) is 0 Å². The predicted octanol–water partition coefficient (Wildman–Crippen LogP) is 1.47. The second-order valence-electron chi connectivity index (χ2n) is 5.94. The summed E-state index contributed by atoms with van der Waals surface area (Å²) in [6.07, 6.45) is 1.84. The Morgan fingerprint density at radius 1 is 0.960 bits per heavy atom. The minimum atomic E-state index is -0.763. The van der Waals surface area contributed by atoms with Gasteiger partial charge in [-0.25, -0.2) is 0 Å². The number of fused-ring (bicyclic) bond motifs is 1. The third-order valence-corrected chi connectivity index (χ3v) is 4.14. The first kappa shape index (κ1) is 16.9. The molecule has 0 spiro atoms. The summed E-state index contributed by atoms with van der Waals surface area (Å²) < 4.78 is 10.4. The summed E-state index contributed by atoms with van der Waals surface area (Å²) >= 11 is 0. The molecule has 25 heavy (non-hydrogen) atoms. The first-order valence-corrected chi connectivity index (χ1v) is 7.88. The lowest BCUT2D eigenvalue weighted by Gasteiger charge is -2.33. The minimum Gasteiger partial charge on any atom is -0.458 e. The van der Waals surface area contributed by atoms with Gasteiger partial charge in [-0.3, -0.25) is 24.1 Å². The van der Waals surface area contributed by atoms with Crippen molar-refractivity contribution in [2.45, 2.75) is 38.5 Å². The highest BCUT2D eigenvalue weighted by Crippen LogP contribution is 2.30. The fourth-order valence-corrected chi connectivity index (χ4v) is 3.15. The Bertz CT molecular complexity index is 749. The third kappa shape index (κ3) is 3.17. The number of nitrogens with zero attached hydrogens (tertiary/aromatic N) is 1. The largest absolute Gasteiger partial charge is 0.458 e. The summed E-state index contributed by atoms with van der Waals surface area (Å²) in [5.74, 6) is -1.81. The molecule has 2 aliphatic rings. The van der Waals surface area contributed by atoms with Gasteiger partial charge in [-0.2, -0.15) is 0 Å². The Kier molecular flexibility index (Phi) is 4.39. The van der Waals surface area contributed by atoms with Crippen LogP contribution in [0.3, 0.4) is 0 Å². The van der Waals surface area contributed by atoms with E-state index in [0.29, 0.717) is 11.1 Å². The van der Waals surface area contributed by atoms with Crippen LogP contribution >= 0.6 is 0 Å². The molecule has 0 bridgehead atoms. The third-order valence-electron chi connectivity index (χ3n) is 4.14. The molecule has 3 rings (SSSR count). The molecule has 130 valence electrons. The number of rotatable bonds is 3. The lowest BCUT2D eigenvalue weighted by Crippen LogP contribution is -2.47. The molecule has 1 aliphatic carbocycles. The van der Waals surface area contributed by atoms with Gasteiger partial charge in [0.1, 0.15) is 6.10 Å². The van der Waals surface area contributed by atoms with E-state index >= 15 is 0 Å². The van der Waals surface area contributed by atoms with Crippen LogP contribution in [-0.2, 0) is 19.1 Å². The molecular formula is C18H17NO6. The average molecular weight is 343 g/mol. The van der Waals surface area contributed by atoms with Gasteiger partial charge in [-0.1, -0.05) is 18.2 Å². The van der Waals surface area contributed by atoms with Crippen LogP contribution in [0.4, 0.5) is 0 Å². The van der Waals surface area contributed by atoms with Crippen LogP contribution in [0.5, 0.6) is 0 Å². The van der Waals surface area contributed by atoms with Gasteiger partial charge in [-0.05, 0) is 18.2 Å². The minimum absolute atomic E-state index is 0.166. The smallest absolute Gasteiger partial charge is 0.303 e. The number of hydrogen-bond donors (Lipinski definition) is 0. The van der Waals surface area contributed by atoms with E-state index in [1.54, 1.807) is 36.4 Å². The summed E-state index contributed by atoms with van der Waals surface area (Å²) in [6.45, 7) is 2.51. The molecule has 0 saturated heterocycles. The molecule has 1 heterocycles. The normalized spacial score (nSPS) is 24.9. The van der Waals surface area contributed by atoms with Crippen molar-refractivity contribution in [1.82, 2.24) is 4.90 Å². The molecule has 1 aliphatic heterocycles. The Morgan fingerprint density at radius 2 is 1.52 bits per heavy atom. The predicted molar refractivity (Wildman–Crippen MR) is 85.6 cm³/mol. The Hall–Kier alpha value is -2.96. The van der Waals surface area contributed by atoms with Crippen LogP contribution in [0.1, 0.15) is 41.0 Å². The van der Waals surface area contributed by atoms with Crippen molar-refractivity contribution in [1.29, 1.82) is 0 Å². The lowest BCUT2D eigenvalue weighted by atomic mass is 9.96. The number of amides is 2. The number of imide groups is 1. The second kappa shape index (κ2) is 6.51. The number of carbonyl (C=O) groups excluding carboxylic acids is 4. The summed E-state index contributed by atoms with van der Waals surface area (Å²) in [5.41, 5.74) is 0.707. The van der Waals surface area contributed by atoms with E-state index in [1.165, 1.54) is 13.8 Å². The number of hydrogen-bond acceptors (Lipinski definition) is 6. The molecule has 0 fully saturated rings. The highest BCUT2D eigenvalue weighted by Gasteiger charge is 2.42. The van der Waals surface area contributed by atoms with Crippen molar-refractivity contribution >= 4 is 23.8 Å². The van der Waals surface area contributed by atoms with E-state index in [-0.39, 0.29) is 18.2 Å². The monoisotopic (exact) mass is 343 g/mol. The van der Waals surface area contributed by atoms with E-state index in [2.05, 4.69) is 0 Å². The van der Waals surface area contributed by atoms with Crippen molar-refractivity contribution in [2.75, 3.05) is 0 Å². The standard InChI is InChI=1S/C18H17NO6/c1-10(20)24-15-8-7-12(9-16(15)25-11(2)21)19-17(22)13-5-3-4-6-14(13)18(19)23/h3-8,12,15-16H,9H2,1-2H3/t12-,15-,16+/m0/s1. The molecule has 1 aromatic rings. The fourth-order valence-electron chi connectivity index (χ4n) is 3.15. The lowest BCUT2D eigenvalue weighted by molar-refractivity contribution is -0.163. The van der Waals surface area contributed by atoms with Gasteiger partial charge >= 0.3 is 11.9 Å². The van der Waals surface area contributed by atoms with Crippen LogP contribution in [0.2, 0.25) is 0 Å². The van der Waals surface area contributed by atoms with Gasteiger partial charge in [0.2, 0.25) is 0 Å². The maximum absolute atomic E-state index is 12.6. The summed E-state index contributed by atoms with van der Waals surface area (Å²) in [6, 6.07) is 6.02. The van der Waals surface area contributed by atoms with E-state index in [9.17, 15) is 19.2 Å². The number of carbonyl (C=O) groups is 4. The van der Waals surface area contributed by atoms with Crippen LogP contribution in [0.25, 0.3) is 0 Å². The van der Waals surface area contributed by atoms with Gasteiger partial charge in [0, 0.05) is 20.3 Å². The fraction of sp³-hybridized carbons (Fsp3) is 0.333. The number of benzene rings is 1. The van der Waals surface area contributed by atoms with E-state index < -0.39 is 30.2 Å². The molecule has 0 aromatic heterocycles. The van der Waals surface area contributed by atoms with Crippen molar-refractivity contribution < 1.29 is 28.7 Å². The maximum Gasteiger partial charge on any atom is 0.303 e. The second-order valence-corrected chi connectivity index (χ2v) is 5.94. The van der Waals surface area contributed by atoms with Crippen molar-refractivity contribution in [3.63, 3.8) is 0 Å².